The summed E-state index contributed by atoms with van der Waals surface area (Å²) < 4.78 is 10.1. The number of allylic oxidation sites excluding steroid dienone is 1. The number of hydrogen-bond acceptors (Lipinski definition) is 6. The Labute approximate surface area is 154 Å². The van der Waals surface area contributed by atoms with Gasteiger partial charge in [0, 0.05) is 11.8 Å². The molecule has 1 aliphatic rings. The van der Waals surface area contributed by atoms with Crippen LogP contribution in [0, 0.1) is 10.1 Å². The molecule has 0 fully saturated rings. The van der Waals surface area contributed by atoms with Crippen LogP contribution in [0.5, 0.6) is 0 Å². The summed E-state index contributed by atoms with van der Waals surface area (Å²) >= 11 is 0. The van der Waals surface area contributed by atoms with Crippen molar-refractivity contribution in [3.63, 3.8) is 0 Å². The minimum absolute atomic E-state index is 0.0419. The fraction of sp³-hybridized carbons (Fsp3) is 0.158. The lowest BCUT2D eigenvalue weighted by Crippen LogP contribution is -2.24. The van der Waals surface area contributed by atoms with Crippen molar-refractivity contribution in [1.82, 2.24) is 4.90 Å². The van der Waals surface area contributed by atoms with Gasteiger partial charge in [0.25, 0.3) is 11.6 Å². The molecule has 138 valence electrons. The third kappa shape index (κ3) is 3.37. The zero-order valence-corrected chi connectivity index (χ0v) is 14.7. The largest absolute Gasteiger partial charge is 0.467 e. The predicted molar refractivity (Wildman–Crippen MR) is 95.0 cm³/mol. The van der Waals surface area contributed by atoms with Crippen LogP contribution in [0.25, 0.3) is 6.08 Å². The van der Waals surface area contributed by atoms with E-state index >= 15 is 0 Å². The number of nitrogens with zero attached hydrogens (tertiary/aromatic N) is 2. The number of para-hydroxylation sites is 1. The summed E-state index contributed by atoms with van der Waals surface area (Å²) in [4.78, 5) is 37.3. The summed E-state index contributed by atoms with van der Waals surface area (Å²) in [5.74, 6) is -0.603. The maximum Gasteiger partial charge on any atom is 0.340 e. The Bertz CT molecular complexity index is 972. The maximum absolute atomic E-state index is 13.0. The van der Waals surface area contributed by atoms with Gasteiger partial charge >= 0.3 is 5.97 Å². The summed E-state index contributed by atoms with van der Waals surface area (Å²) in [5.41, 5.74) is 0.574. The number of furan rings is 1. The maximum atomic E-state index is 13.0. The number of amides is 1. The summed E-state index contributed by atoms with van der Waals surface area (Å²) in [5, 5.41) is 11.3. The van der Waals surface area contributed by atoms with Crippen molar-refractivity contribution >= 4 is 23.6 Å². The third-order valence-corrected chi connectivity index (χ3v) is 4.23. The van der Waals surface area contributed by atoms with Crippen LogP contribution < -0.4 is 0 Å². The first kappa shape index (κ1) is 18.1. The van der Waals surface area contributed by atoms with Crippen molar-refractivity contribution < 1.29 is 23.7 Å². The highest BCUT2D eigenvalue weighted by molar-refractivity contribution is 6.16. The normalized spacial score (nSPS) is 15.6. The molecule has 0 radical (unpaired) electrons. The van der Waals surface area contributed by atoms with Gasteiger partial charge < -0.3 is 14.1 Å². The fourth-order valence-electron chi connectivity index (χ4n) is 2.91. The lowest BCUT2D eigenvalue weighted by atomic mass is 10.0. The Morgan fingerprint density at radius 3 is 2.67 bits per heavy atom. The molecule has 0 spiro atoms. The number of benzene rings is 1. The van der Waals surface area contributed by atoms with Crippen molar-refractivity contribution in [1.29, 1.82) is 0 Å². The van der Waals surface area contributed by atoms with Crippen LogP contribution in [0.4, 0.5) is 5.69 Å². The number of rotatable bonds is 5. The number of hydrogen-bond donors (Lipinski definition) is 0. The SMILES string of the molecule is COC(=O)C1=C(C)N(Cc2ccco2)C(=O)C1=Cc1ccccc1[N+](=O)[O-]. The van der Waals surface area contributed by atoms with Gasteiger partial charge in [0.05, 0.1) is 41.6 Å². The molecule has 1 aliphatic heterocycles. The highest BCUT2D eigenvalue weighted by atomic mass is 16.6. The molecule has 0 atom stereocenters. The van der Waals surface area contributed by atoms with E-state index in [4.69, 9.17) is 9.15 Å². The Morgan fingerprint density at radius 2 is 2.04 bits per heavy atom. The molecule has 8 heteroatoms. The van der Waals surface area contributed by atoms with E-state index in [2.05, 4.69) is 0 Å². The van der Waals surface area contributed by atoms with Crippen LogP contribution in [0.15, 0.2) is 63.9 Å². The molecule has 3 rings (SSSR count). The minimum Gasteiger partial charge on any atom is -0.467 e. The van der Waals surface area contributed by atoms with Crippen LogP contribution in [0.1, 0.15) is 18.2 Å². The second-order valence-electron chi connectivity index (χ2n) is 5.80. The molecular weight excluding hydrogens is 352 g/mol. The van der Waals surface area contributed by atoms with Gasteiger partial charge in [-0.15, -0.1) is 0 Å². The van der Waals surface area contributed by atoms with Crippen molar-refractivity contribution in [2.24, 2.45) is 0 Å². The lowest BCUT2D eigenvalue weighted by molar-refractivity contribution is -0.385. The van der Waals surface area contributed by atoms with Crippen LogP contribution in [0.3, 0.4) is 0 Å². The molecule has 0 bridgehead atoms. The predicted octanol–water partition coefficient (Wildman–Crippen LogP) is 3.06. The van der Waals surface area contributed by atoms with E-state index in [1.54, 1.807) is 25.1 Å². The highest BCUT2D eigenvalue weighted by Gasteiger charge is 2.37. The summed E-state index contributed by atoms with van der Waals surface area (Å²) in [6, 6.07) is 9.40. The Balaban J connectivity index is 2.10. The van der Waals surface area contributed by atoms with E-state index in [-0.39, 0.29) is 28.9 Å². The number of methoxy groups -OCH3 is 1. The topological polar surface area (TPSA) is 103 Å². The molecule has 8 nitrogen and oxygen atoms in total. The zero-order chi connectivity index (χ0) is 19.6. The number of carbonyl (C=O) groups is 2. The Kier molecular flexibility index (Phi) is 4.89. The van der Waals surface area contributed by atoms with E-state index in [1.807, 2.05) is 0 Å². The van der Waals surface area contributed by atoms with Gasteiger partial charge in [-0.1, -0.05) is 12.1 Å². The van der Waals surface area contributed by atoms with E-state index < -0.39 is 16.8 Å². The molecular formula is C19H16N2O6. The molecule has 1 aromatic heterocycles. The van der Waals surface area contributed by atoms with E-state index in [9.17, 15) is 19.7 Å². The van der Waals surface area contributed by atoms with Gasteiger partial charge in [-0.2, -0.15) is 0 Å². The van der Waals surface area contributed by atoms with Crippen molar-refractivity contribution in [2.75, 3.05) is 7.11 Å². The minimum atomic E-state index is -0.687. The molecule has 2 heterocycles. The Hall–Kier alpha value is -3.68. The van der Waals surface area contributed by atoms with Gasteiger partial charge in [0.1, 0.15) is 5.76 Å². The zero-order valence-electron chi connectivity index (χ0n) is 14.7. The number of ether oxygens (including phenoxy) is 1. The smallest absolute Gasteiger partial charge is 0.340 e. The number of carbonyl (C=O) groups excluding carboxylic acids is 2. The quantitative estimate of drug-likeness (QED) is 0.348. The standard InChI is InChI=1S/C19H16N2O6/c1-12-17(19(23)26-2)15(10-13-6-3-4-8-16(13)21(24)25)18(22)20(12)11-14-7-5-9-27-14/h3-10H,11H2,1-2H3. The molecule has 0 aliphatic carbocycles. The van der Waals surface area contributed by atoms with E-state index in [0.717, 1.165) is 0 Å². The molecule has 2 aromatic rings. The fourth-order valence-corrected chi connectivity index (χ4v) is 2.91. The average molecular weight is 368 g/mol. The molecule has 0 saturated heterocycles. The Morgan fingerprint density at radius 1 is 1.30 bits per heavy atom. The molecule has 1 amide bonds. The third-order valence-electron chi connectivity index (χ3n) is 4.23. The van der Waals surface area contributed by atoms with Crippen LogP contribution in [-0.2, 0) is 20.9 Å². The van der Waals surface area contributed by atoms with E-state index in [0.29, 0.717) is 11.5 Å². The second kappa shape index (κ2) is 7.28. The second-order valence-corrected chi connectivity index (χ2v) is 5.80. The first-order chi connectivity index (χ1) is 12.9. The summed E-state index contributed by atoms with van der Waals surface area (Å²) in [7, 11) is 1.21. The first-order valence-corrected chi connectivity index (χ1v) is 8.03. The molecule has 0 N–H and O–H groups in total. The van der Waals surface area contributed by atoms with Gasteiger partial charge in [-0.05, 0) is 31.2 Å². The molecule has 27 heavy (non-hydrogen) atoms. The van der Waals surface area contributed by atoms with E-state index in [1.165, 1.54) is 42.5 Å². The number of nitro groups is 1. The lowest BCUT2D eigenvalue weighted by Gasteiger charge is -2.16. The van der Waals surface area contributed by atoms with Crippen LogP contribution in [-0.4, -0.2) is 28.8 Å². The molecule has 0 saturated carbocycles. The molecule has 0 unspecified atom stereocenters. The summed E-state index contributed by atoms with van der Waals surface area (Å²) in [6.45, 7) is 1.75. The van der Waals surface area contributed by atoms with Gasteiger partial charge in [0.2, 0.25) is 0 Å². The highest BCUT2D eigenvalue weighted by Crippen LogP contribution is 2.34. The summed E-state index contributed by atoms with van der Waals surface area (Å²) in [6.07, 6.45) is 2.83. The first-order valence-electron chi connectivity index (χ1n) is 8.03. The number of esters is 1. The van der Waals surface area contributed by atoms with Crippen molar-refractivity contribution in [3.8, 4) is 0 Å². The number of nitro benzene ring substituents is 1. The van der Waals surface area contributed by atoms with Gasteiger partial charge in [-0.25, -0.2) is 4.79 Å². The van der Waals surface area contributed by atoms with Crippen molar-refractivity contribution in [2.45, 2.75) is 13.5 Å². The van der Waals surface area contributed by atoms with Gasteiger partial charge in [-0.3, -0.25) is 14.9 Å². The monoisotopic (exact) mass is 368 g/mol. The van der Waals surface area contributed by atoms with Crippen LogP contribution in [0.2, 0.25) is 0 Å². The van der Waals surface area contributed by atoms with Crippen molar-refractivity contribution in [3.05, 3.63) is 80.9 Å². The van der Waals surface area contributed by atoms with Crippen LogP contribution >= 0.6 is 0 Å². The molecule has 1 aromatic carbocycles. The van der Waals surface area contributed by atoms with Gasteiger partial charge in [0.15, 0.2) is 0 Å². The average Bonchev–Trinajstić information content (AvgIpc) is 3.24.